The molecule has 0 fully saturated rings. The zero-order valence-corrected chi connectivity index (χ0v) is 6.27. The van der Waals surface area contributed by atoms with E-state index in [2.05, 4.69) is 5.16 Å². The number of hydrogen-bond acceptors (Lipinski definition) is 2. The van der Waals surface area contributed by atoms with Gasteiger partial charge in [0.2, 0.25) is 5.71 Å². The van der Waals surface area contributed by atoms with Gasteiger partial charge >= 0.3 is 0 Å². The second-order valence-corrected chi connectivity index (χ2v) is 2.72. The van der Waals surface area contributed by atoms with Crippen LogP contribution in [0.2, 0.25) is 0 Å². The molecule has 0 amide bonds. The van der Waals surface area contributed by atoms with Gasteiger partial charge in [0.25, 0.3) is 0 Å². The molecule has 0 aliphatic carbocycles. The van der Waals surface area contributed by atoms with E-state index in [0.717, 1.165) is 16.6 Å². The Hall–Kier alpha value is -1.77. The number of fused-ring (bicyclic) bond motifs is 3. The highest BCUT2D eigenvalue weighted by Crippen LogP contribution is 2.16. The van der Waals surface area contributed by atoms with E-state index in [0.29, 0.717) is 0 Å². The average molecular weight is 158 g/mol. The van der Waals surface area contributed by atoms with Crippen LogP contribution in [0.4, 0.5) is 0 Å². The second-order valence-electron chi connectivity index (χ2n) is 2.72. The van der Waals surface area contributed by atoms with Gasteiger partial charge in [-0.3, -0.25) is 4.40 Å². The van der Waals surface area contributed by atoms with Crippen molar-refractivity contribution in [1.82, 2.24) is 9.56 Å². The van der Waals surface area contributed by atoms with Gasteiger partial charge in [-0.1, -0.05) is 5.16 Å². The highest BCUT2D eigenvalue weighted by molar-refractivity contribution is 5.76. The summed E-state index contributed by atoms with van der Waals surface area (Å²) in [5, 5.41) is 4.76. The van der Waals surface area contributed by atoms with Crippen molar-refractivity contribution in [2.24, 2.45) is 0 Å². The Balaban J connectivity index is 2.71. The van der Waals surface area contributed by atoms with Crippen LogP contribution < -0.4 is 0 Å². The number of nitrogens with zero attached hydrogens (tertiary/aromatic N) is 2. The van der Waals surface area contributed by atoms with Gasteiger partial charge in [0.1, 0.15) is 0 Å². The molecule has 0 aliphatic rings. The van der Waals surface area contributed by atoms with Crippen LogP contribution >= 0.6 is 0 Å². The van der Waals surface area contributed by atoms with Crippen LogP contribution in [-0.2, 0) is 0 Å². The lowest BCUT2D eigenvalue weighted by molar-refractivity contribution is 0.446. The Bertz CT molecular complexity index is 486. The van der Waals surface area contributed by atoms with Crippen molar-refractivity contribution in [2.45, 2.75) is 0 Å². The normalized spacial score (nSPS) is 11.3. The molecule has 3 heteroatoms. The molecular formula is C9H6N2O. The zero-order chi connectivity index (χ0) is 7.97. The van der Waals surface area contributed by atoms with E-state index < -0.39 is 0 Å². The first-order valence-corrected chi connectivity index (χ1v) is 3.76. The third-order valence-corrected chi connectivity index (χ3v) is 2.01. The minimum Gasteiger partial charge on any atom is -0.337 e. The number of hydrogen-bond donors (Lipinski definition) is 0. The molecule has 0 unspecified atom stereocenters. The van der Waals surface area contributed by atoms with Gasteiger partial charge in [-0.2, -0.15) is 0 Å². The monoisotopic (exact) mass is 158 g/mol. The molecule has 3 aromatic rings. The minimum atomic E-state index is 0.803. The number of aromatic nitrogens is 2. The fraction of sp³-hybridized carbons (Fsp3) is 0. The molecule has 0 aromatic carbocycles. The fourth-order valence-electron chi connectivity index (χ4n) is 1.43. The van der Waals surface area contributed by atoms with E-state index in [4.69, 9.17) is 4.52 Å². The van der Waals surface area contributed by atoms with Crippen LogP contribution in [0, 0.1) is 0 Å². The molecule has 0 aliphatic heterocycles. The molecule has 3 heterocycles. The Labute approximate surface area is 68.2 Å². The van der Waals surface area contributed by atoms with Crippen LogP contribution in [-0.4, -0.2) is 9.56 Å². The summed E-state index contributed by atoms with van der Waals surface area (Å²) >= 11 is 0. The lowest BCUT2D eigenvalue weighted by atomic mass is 10.3. The topological polar surface area (TPSA) is 30.4 Å². The van der Waals surface area contributed by atoms with Gasteiger partial charge in [0.15, 0.2) is 0 Å². The van der Waals surface area contributed by atoms with Crippen LogP contribution in [0.15, 0.2) is 41.2 Å². The molecular weight excluding hydrogens is 152 g/mol. The summed E-state index contributed by atoms with van der Waals surface area (Å²) in [7, 11) is 0. The Morgan fingerprint density at radius 1 is 1.25 bits per heavy atom. The largest absolute Gasteiger partial charge is 0.337 e. The standard InChI is InChI=1S/C9H6N2O/c1-2-8-4-3-7-6-10-12-9(7)11(8)5-1/h1-6H. The molecule has 3 nitrogen and oxygen atoms in total. The molecule has 12 heavy (non-hydrogen) atoms. The van der Waals surface area contributed by atoms with E-state index in [9.17, 15) is 0 Å². The Morgan fingerprint density at radius 3 is 3.25 bits per heavy atom. The molecule has 3 rings (SSSR count). The van der Waals surface area contributed by atoms with E-state index in [1.165, 1.54) is 0 Å². The highest BCUT2D eigenvalue weighted by Gasteiger charge is 2.01. The SMILES string of the molecule is c1cc2ccc3cnoc3n2c1. The maximum Gasteiger partial charge on any atom is 0.242 e. The van der Waals surface area contributed by atoms with Crippen molar-refractivity contribution < 1.29 is 4.52 Å². The summed E-state index contributed by atoms with van der Waals surface area (Å²) < 4.78 is 7.08. The van der Waals surface area contributed by atoms with Crippen molar-refractivity contribution in [3.05, 3.63) is 36.7 Å². The van der Waals surface area contributed by atoms with Crippen LogP contribution in [0.25, 0.3) is 16.6 Å². The summed E-state index contributed by atoms with van der Waals surface area (Å²) in [4.78, 5) is 0. The number of pyridine rings is 1. The molecule has 3 aromatic heterocycles. The summed E-state index contributed by atoms with van der Waals surface area (Å²) in [5.74, 6) is 0. The van der Waals surface area contributed by atoms with Gasteiger partial charge < -0.3 is 4.52 Å². The highest BCUT2D eigenvalue weighted by atomic mass is 16.5. The maximum absolute atomic E-state index is 5.10. The molecule has 0 saturated heterocycles. The predicted octanol–water partition coefficient (Wildman–Crippen LogP) is 2.08. The van der Waals surface area contributed by atoms with Gasteiger partial charge in [0, 0.05) is 11.7 Å². The maximum atomic E-state index is 5.10. The third kappa shape index (κ3) is 0.580. The molecule has 0 bridgehead atoms. The first kappa shape index (κ1) is 5.83. The average Bonchev–Trinajstić information content (AvgIpc) is 2.71. The lowest BCUT2D eigenvalue weighted by Gasteiger charge is -1.92. The van der Waals surface area contributed by atoms with Gasteiger partial charge in [0.05, 0.1) is 11.6 Å². The molecule has 0 N–H and O–H groups in total. The van der Waals surface area contributed by atoms with E-state index >= 15 is 0 Å². The first-order valence-electron chi connectivity index (χ1n) is 3.76. The first-order chi connectivity index (χ1) is 5.95. The van der Waals surface area contributed by atoms with E-state index in [1.54, 1.807) is 6.20 Å². The fourth-order valence-corrected chi connectivity index (χ4v) is 1.43. The van der Waals surface area contributed by atoms with Gasteiger partial charge in [-0.25, -0.2) is 0 Å². The van der Waals surface area contributed by atoms with Crippen LogP contribution in [0.1, 0.15) is 0 Å². The summed E-state index contributed by atoms with van der Waals surface area (Å²) in [6, 6.07) is 8.06. The molecule has 0 saturated carbocycles. The van der Waals surface area contributed by atoms with Gasteiger partial charge in [-0.15, -0.1) is 0 Å². The number of rotatable bonds is 0. The van der Waals surface area contributed by atoms with Gasteiger partial charge in [-0.05, 0) is 24.3 Å². The van der Waals surface area contributed by atoms with Crippen molar-refractivity contribution in [2.75, 3.05) is 0 Å². The van der Waals surface area contributed by atoms with Crippen LogP contribution in [0.3, 0.4) is 0 Å². The third-order valence-electron chi connectivity index (χ3n) is 2.01. The molecule has 0 spiro atoms. The predicted molar refractivity (Wildman–Crippen MR) is 45.0 cm³/mol. The lowest BCUT2D eigenvalue weighted by Crippen LogP contribution is -1.80. The molecule has 0 radical (unpaired) electrons. The Kier molecular flexibility index (Phi) is 0.913. The van der Waals surface area contributed by atoms with Crippen LogP contribution in [0.5, 0.6) is 0 Å². The van der Waals surface area contributed by atoms with Crippen molar-refractivity contribution in [1.29, 1.82) is 0 Å². The summed E-state index contributed by atoms with van der Waals surface area (Å²) in [6.45, 7) is 0. The molecule has 0 atom stereocenters. The second kappa shape index (κ2) is 1.88. The summed E-state index contributed by atoms with van der Waals surface area (Å²) in [6.07, 6.45) is 3.68. The smallest absolute Gasteiger partial charge is 0.242 e. The zero-order valence-electron chi connectivity index (χ0n) is 6.27. The quantitative estimate of drug-likeness (QED) is 0.501. The van der Waals surface area contributed by atoms with Crippen molar-refractivity contribution in [3.8, 4) is 0 Å². The Morgan fingerprint density at radius 2 is 2.25 bits per heavy atom. The minimum absolute atomic E-state index is 0.803. The van der Waals surface area contributed by atoms with Crippen molar-refractivity contribution in [3.63, 3.8) is 0 Å². The molecule has 58 valence electrons. The van der Waals surface area contributed by atoms with E-state index in [-0.39, 0.29) is 0 Å². The summed E-state index contributed by atoms with van der Waals surface area (Å²) in [5.41, 5.74) is 1.93. The van der Waals surface area contributed by atoms with Crippen molar-refractivity contribution >= 4 is 16.6 Å². The van der Waals surface area contributed by atoms with E-state index in [1.807, 2.05) is 34.9 Å².